The number of hydrogen-bond donors (Lipinski definition) is 2. The minimum atomic E-state index is -0.152. The molecule has 0 saturated heterocycles. The zero-order valence-corrected chi connectivity index (χ0v) is 13.7. The molecule has 0 atom stereocenters. The summed E-state index contributed by atoms with van der Waals surface area (Å²) in [5.74, 6) is 0.578. The maximum absolute atomic E-state index is 11.9. The largest absolute Gasteiger partial charge is 0.489 e. The zero-order valence-electron chi connectivity index (χ0n) is 12.9. The monoisotopic (exact) mass is 330 g/mol. The third kappa shape index (κ3) is 6.04. The van der Waals surface area contributed by atoms with E-state index in [0.717, 1.165) is 17.0 Å². The Balaban J connectivity index is 1.86. The van der Waals surface area contributed by atoms with Crippen LogP contribution in [0.3, 0.4) is 0 Å². The van der Waals surface area contributed by atoms with Crippen LogP contribution in [0.4, 0.5) is 11.4 Å². The normalized spacial score (nSPS) is 10.0. The second-order valence-electron chi connectivity index (χ2n) is 5.19. The van der Waals surface area contributed by atoms with Crippen molar-refractivity contribution in [2.45, 2.75) is 6.92 Å². The summed E-state index contributed by atoms with van der Waals surface area (Å²) in [6, 6.07) is 14.5. The molecule has 5 heteroatoms. The van der Waals surface area contributed by atoms with E-state index in [4.69, 9.17) is 16.3 Å². The van der Waals surface area contributed by atoms with Crippen LogP contribution in [-0.4, -0.2) is 19.1 Å². The molecule has 2 aromatic carbocycles. The van der Waals surface area contributed by atoms with Gasteiger partial charge in [-0.15, -0.1) is 0 Å². The van der Waals surface area contributed by atoms with Gasteiger partial charge in [-0.25, -0.2) is 0 Å². The van der Waals surface area contributed by atoms with E-state index in [1.54, 1.807) is 24.3 Å². The summed E-state index contributed by atoms with van der Waals surface area (Å²) in [7, 11) is 0. The molecule has 23 heavy (non-hydrogen) atoms. The Bertz CT molecular complexity index is 701. The van der Waals surface area contributed by atoms with E-state index >= 15 is 0 Å². The van der Waals surface area contributed by atoms with Gasteiger partial charge >= 0.3 is 0 Å². The number of carbonyl (C=O) groups is 1. The van der Waals surface area contributed by atoms with Crippen molar-refractivity contribution in [3.8, 4) is 5.75 Å². The predicted octanol–water partition coefficient (Wildman–Crippen LogP) is 4.35. The molecule has 0 aliphatic heterocycles. The Morgan fingerprint density at radius 3 is 2.65 bits per heavy atom. The van der Waals surface area contributed by atoms with Crippen LogP contribution in [0.1, 0.15) is 6.92 Å². The molecule has 0 spiro atoms. The van der Waals surface area contributed by atoms with Gasteiger partial charge in [0.05, 0.1) is 6.54 Å². The summed E-state index contributed by atoms with van der Waals surface area (Å²) in [5.41, 5.74) is 2.43. The Labute approximate surface area is 141 Å². The van der Waals surface area contributed by atoms with Gasteiger partial charge in [0, 0.05) is 22.5 Å². The molecule has 0 aromatic heterocycles. The van der Waals surface area contributed by atoms with Gasteiger partial charge in [-0.3, -0.25) is 4.79 Å². The standard InChI is InChI=1S/C18H19ClN2O2/c1-13(2)12-23-17-8-4-6-15(10-17)20-11-18(22)21-16-7-3-5-14(19)9-16/h3-10,20H,1,11-12H2,2H3,(H,21,22). The average Bonchev–Trinajstić information content (AvgIpc) is 2.51. The van der Waals surface area contributed by atoms with Gasteiger partial charge in [0.1, 0.15) is 12.4 Å². The molecule has 0 aliphatic rings. The Hall–Kier alpha value is -2.46. The molecular formula is C18H19ClN2O2. The smallest absolute Gasteiger partial charge is 0.243 e. The number of nitrogens with one attached hydrogen (secondary N) is 2. The molecule has 0 fully saturated rings. The zero-order chi connectivity index (χ0) is 16.7. The van der Waals surface area contributed by atoms with Crippen LogP contribution in [0.15, 0.2) is 60.7 Å². The molecule has 0 unspecified atom stereocenters. The molecule has 2 N–H and O–H groups in total. The molecule has 4 nitrogen and oxygen atoms in total. The Morgan fingerprint density at radius 2 is 1.91 bits per heavy atom. The second kappa shape index (κ2) is 8.25. The highest BCUT2D eigenvalue weighted by molar-refractivity contribution is 6.30. The van der Waals surface area contributed by atoms with Gasteiger partial charge in [-0.1, -0.05) is 30.3 Å². The number of carbonyl (C=O) groups excluding carboxylic acids is 1. The SMILES string of the molecule is C=C(C)COc1cccc(NCC(=O)Nc2cccc(Cl)c2)c1. The van der Waals surface area contributed by atoms with Crippen molar-refractivity contribution >= 4 is 28.9 Å². The second-order valence-corrected chi connectivity index (χ2v) is 5.62. The minimum absolute atomic E-state index is 0.149. The van der Waals surface area contributed by atoms with Crippen LogP contribution in [0.2, 0.25) is 5.02 Å². The first-order chi connectivity index (χ1) is 11.0. The highest BCUT2D eigenvalue weighted by Crippen LogP contribution is 2.18. The van der Waals surface area contributed by atoms with Gasteiger partial charge in [0.15, 0.2) is 0 Å². The van der Waals surface area contributed by atoms with Crippen molar-refractivity contribution in [1.82, 2.24) is 0 Å². The minimum Gasteiger partial charge on any atom is -0.489 e. The topological polar surface area (TPSA) is 50.4 Å². The molecule has 0 bridgehead atoms. The van der Waals surface area contributed by atoms with Crippen molar-refractivity contribution in [3.05, 3.63) is 65.7 Å². The van der Waals surface area contributed by atoms with Gasteiger partial charge in [0.2, 0.25) is 5.91 Å². The maximum atomic E-state index is 11.9. The van der Waals surface area contributed by atoms with Gasteiger partial charge in [0.25, 0.3) is 0 Å². The number of rotatable bonds is 7. The third-order valence-corrected chi connectivity index (χ3v) is 3.12. The molecule has 0 aliphatic carbocycles. The van der Waals surface area contributed by atoms with E-state index in [1.807, 2.05) is 31.2 Å². The molecular weight excluding hydrogens is 312 g/mol. The first kappa shape index (κ1) is 16.9. The van der Waals surface area contributed by atoms with E-state index in [2.05, 4.69) is 17.2 Å². The summed E-state index contributed by atoms with van der Waals surface area (Å²) in [5, 5.41) is 6.42. The summed E-state index contributed by atoms with van der Waals surface area (Å²) in [6.45, 7) is 6.32. The fourth-order valence-corrected chi connectivity index (χ4v) is 2.05. The van der Waals surface area contributed by atoms with Crippen molar-refractivity contribution < 1.29 is 9.53 Å². The molecule has 2 aromatic rings. The van der Waals surface area contributed by atoms with Crippen LogP contribution in [0.25, 0.3) is 0 Å². The van der Waals surface area contributed by atoms with Crippen LogP contribution >= 0.6 is 11.6 Å². The summed E-state index contributed by atoms with van der Waals surface area (Å²) in [6.07, 6.45) is 0. The lowest BCUT2D eigenvalue weighted by Gasteiger charge is -2.10. The van der Waals surface area contributed by atoms with Crippen molar-refractivity contribution in [2.75, 3.05) is 23.8 Å². The van der Waals surface area contributed by atoms with Gasteiger partial charge < -0.3 is 15.4 Å². The molecule has 0 saturated carbocycles. The van der Waals surface area contributed by atoms with Gasteiger partial charge in [-0.2, -0.15) is 0 Å². The number of amides is 1. The van der Waals surface area contributed by atoms with E-state index < -0.39 is 0 Å². The Kier molecular flexibility index (Phi) is 6.06. The van der Waals surface area contributed by atoms with Crippen LogP contribution < -0.4 is 15.4 Å². The first-order valence-electron chi connectivity index (χ1n) is 7.19. The van der Waals surface area contributed by atoms with E-state index in [1.165, 1.54) is 0 Å². The number of hydrogen-bond acceptors (Lipinski definition) is 3. The average molecular weight is 331 g/mol. The summed E-state index contributed by atoms with van der Waals surface area (Å²) < 4.78 is 5.57. The highest BCUT2D eigenvalue weighted by atomic mass is 35.5. The lowest BCUT2D eigenvalue weighted by atomic mass is 10.3. The van der Waals surface area contributed by atoms with Crippen LogP contribution in [-0.2, 0) is 4.79 Å². The maximum Gasteiger partial charge on any atom is 0.243 e. The van der Waals surface area contributed by atoms with Gasteiger partial charge in [-0.05, 0) is 42.8 Å². The number of anilines is 2. The molecule has 0 radical (unpaired) electrons. The number of halogens is 1. The van der Waals surface area contributed by atoms with E-state index in [9.17, 15) is 4.79 Å². The van der Waals surface area contributed by atoms with Crippen LogP contribution in [0.5, 0.6) is 5.75 Å². The molecule has 120 valence electrons. The molecule has 2 rings (SSSR count). The fourth-order valence-electron chi connectivity index (χ4n) is 1.86. The lowest BCUT2D eigenvalue weighted by molar-refractivity contribution is -0.114. The predicted molar refractivity (Wildman–Crippen MR) is 95.3 cm³/mol. The van der Waals surface area contributed by atoms with Crippen molar-refractivity contribution in [2.24, 2.45) is 0 Å². The van der Waals surface area contributed by atoms with E-state index in [0.29, 0.717) is 17.3 Å². The third-order valence-electron chi connectivity index (χ3n) is 2.88. The number of benzene rings is 2. The quantitative estimate of drug-likeness (QED) is 0.742. The Morgan fingerprint density at radius 1 is 1.17 bits per heavy atom. The summed E-state index contributed by atoms with van der Waals surface area (Å²) >= 11 is 5.88. The van der Waals surface area contributed by atoms with Crippen LogP contribution in [0, 0.1) is 0 Å². The summed E-state index contributed by atoms with van der Waals surface area (Å²) in [4.78, 5) is 11.9. The van der Waals surface area contributed by atoms with Crippen molar-refractivity contribution in [1.29, 1.82) is 0 Å². The lowest BCUT2D eigenvalue weighted by Crippen LogP contribution is -2.21. The fraction of sp³-hybridized carbons (Fsp3) is 0.167. The number of ether oxygens (including phenoxy) is 1. The first-order valence-corrected chi connectivity index (χ1v) is 7.57. The molecule has 1 amide bonds. The highest BCUT2D eigenvalue weighted by Gasteiger charge is 2.03. The van der Waals surface area contributed by atoms with Crippen molar-refractivity contribution in [3.63, 3.8) is 0 Å². The molecule has 0 heterocycles. The van der Waals surface area contributed by atoms with E-state index in [-0.39, 0.29) is 12.5 Å².